The molecule has 0 bridgehead atoms. The van der Waals surface area contributed by atoms with Crippen LogP contribution in [0.25, 0.3) is 0 Å². The Labute approximate surface area is 105 Å². The van der Waals surface area contributed by atoms with Gasteiger partial charge in [-0.3, -0.25) is 0 Å². The minimum atomic E-state index is -1.51. The van der Waals surface area contributed by atoms with Crippen LogP contribution in [0.15, 0.2) is 18.2 Å². The van der Waals surface area contributed by atoms with Gasteiger partial charge in [0.1, 0.15) is 17.7 Å². The van der Waals surface area contributed by atoms with Gasteiger partial charge in [0.05, 0.1) is 11.2 Å². The average molecular weight is 256 g/mol. The maximum atomic E-state index is 13.6. The molecular weight excluding hydrogens is 238 g/mol. The van der Waals surface area contributed by atoms with Gasteiger partial charge < -0.3 is 10.2 Å². The third-order valence-electron chi connectivity index (χ3n) is 3.92. The third-order valence-corrected chi connectivity index (χ3v) is 3.92. The summed E-state index contributed by atoms with van der Waals surface area (Å²) in [5.41, 5.74) is -1.84. The van der Waals surface area contributed by atoms with Crippen LogP contribution in [0, 0.1) is 17.6 Å². The molecule has 0 spiro atoms. The van der Waals surface area contributed by atoms with Gasteiger partial charge >= 0.3 is 0 Å². The Kier molecular flexibility index (Phi) is 3.69. The maximum Gasteiger partial charge on any atom is 0.132 e. The molecule has 18 heavy (non-hydrogen) atoms. The molecule has 1 aromatic carbocycles. The fourth-order valence-electron chi connectivity index (χ4n) is 2.58. The van der Waals surface area contributed by atoms with E-state index in [1.54, 1.807) is 0 Å². The Morgan fingerprint density at radius 2 is 1.72 bits per heavy atom. The van der Waals surface area contributed by atoms with E-state index in [4.69, 9.17) is 0 Å². The van der Waals surface area contributed by atoms with Crippen LogP contribution in [-0.2, 0) is 0 Å². The summed E-state index contributed by atoms with van der Waals surface area (Å²) in [7, 11) is 0. The van der Waals surface area contributed by atoms with E-state index in [0.29, 0.717) is 18.8 Å². The Bertz CT molecular complexity index is 406. The number of hydrogen-bond donors (Lipinski definition) is 2. The van der Waals surface area contributed by atoms with Crippen molar-refractivity contribution in [1.29, 1.82) is 0 Å². The summed E-state index contributed by atoms with van der Waals surface area (Å²) in [6, 6.07) is 3.43. The van der Waals surface area contributed by atoms with Crippen molar-refractivity contribution in [2.75, 3.05) is 0 Å². The van der Waals surface area contributed by atoms with Crippen LogP contribution in [0.3, 0.4) is 0 Å². The van der Waals surface area contributed by atoms with Crippen molar-refractivity contribution in [3.63, 3.8) is 0 Å². The van der Waals surface area contributed by atoms with Crippen LogP contribution in [0.2, 0.25) is 0 Å². The van der Waals surface area contributed by atoms with Crippen LogP contribution in [0.1, 0.15) is 44.3 Å². The smallest absolute Gasteiger partial charge is 0.132 e. The molecule has 4 heteroatoms. The summed E-state index contributed by atoms with van der Waals surface area (Å²) in [4.78, 5) is 0. The summed E-state index contributed by atoms with van der Waals surface area (Å²) >= 11 is 0. The molecule has 0 amide bonds. The topological polar surface area (TPSA) is 40.5 Å². The summed E-state index contributed by atoms with van der Waals surface area (Å²) < 4.78 is 27.2. The Morgan fingerprint density at radius 3 is 2.22 bits per heavy atom. The molecule has 2 nitrogen and oxygen atoms in total. The first-order chi connectivity index (χ1) is 8.44. The van der Waals surface area contributed by atoms with Gasteiger partial charge in [-0.15, -0.1) is 0 Å². The molecule has 1 aliphatic carbocycles. The third kappa shape index (κ3) is 2.40. The van der Waals surface area contributed by atoms with Crippen LogP contribution in [0.4, 0.5) is 8.78 Å². The zero-order valence-electron chi connectivity index (χ0n) is 10.4. The van der Waals surface area contributed by atoms with Gasteiger partial charge in [-0.05, 0) is 43.7 Å². The molecule has 0 heterocycles. The highest BCUT2D eigenvalue weighted by Crippen LogP contribution is 2.41. The first kappa shape index (κ1) is 13.4. The second-order valence-corrected chi connectivity index (χ2v) is 5.32. The van der Waals surface area contributed by atoms with E-state index in [0.717, 1.165) is 25.0 Å². The lowest BCUT2D eigenvalue weighted by molar-refractivity contribution is -0.107. The van der Waals surface area contributed by atoms with E-state index in [1.807, 2.05) is 0 Å². The van der Waals surface area contributed by atoms with Crippen molar-refractivity contribution < 1.29 is 19.0 Å². The Morgan fingerprint density at radius 1 is 1.22 bits per heavy atom. The maximum absolute atomic E-state index is 13.6. The molecule has 1 atom stereocenters. The van der Waals surface area contributed by atoms with E-state index >= 15 is 0 Å². The predicted molar refractivity (Wildman–Crippen MR) is 63.9 cm³/mol. The largest absolute Gasteiger partial charge is 0.387 e. The number of benzene rings is 1. The average Bonchev–Trinajstić information content (AvgIpc) is 2.33. The minimum absolute atomic E-state index is 0.364. The van der Waals surface area contributed by atoms with E-state index in [2.05, 4.69) is 6.92 Å². The van der Waals surface area contributed by atoms with Gasteiger partial charge in [-0.1, -0.05) is 13.0 Å². The lowest BCUT2D eigenvalue weighted by atomic mass is 9.75. The summed E-state index contributed by atoms with van der Waals surface area (Å²) in [5.74, 6) is -1.15. The van der Waals surface area contributed by atoms with Crippen molar-refractivity contribution in [2.24, 2.45) is 5.92 Å². The highest BCUT2D eigenvalue weighted by Gasteiger charge is 2.41. The SMILES string of the molecule is CC1CCC(O)(C(O)c2c(F)cccc2F)CC1. The van der Waals surface area contributed by atoms with Crippen LogP contribution < -0.4 is 0 Å². The molecule has 100 valence electrons. The number of aliphatic hydroxyl groups is 2. The molecule has 0 radical (unpaired) electrons. The zero-order valence-corrected chi connectivity index (χ0v) is 10.4. The first-order valence-electron chi connectivity index (χ1n) is 6.28. The highest BCUT2D eigenvalue weighted by atomic mass is 19.1. The molecule has 1 aliphatic rings. The molecule has 0 saturated heterocycles. The Balaban J connectivity index is 2.28. The van der Waals surface area contributed by atoms with Gasteiger partial charge in [0.25, 0.3) is 0 Å². The second-order valence-electron chi connectivity index (χ2n) is 5.32. The monoisotopic (exact) mass is 256 g/mol. The van der Waals surface area contributed by atoms with Gasteiger partial charge in [-0.2, -0.15) is 0 Å². The molecule has 1 fully saturated rings. The lowest BCUT2D eigenvalue weighted by Crippen LogP contribution is -2.40. The number of halogens is 2. The quantitative estimate of drug-likeness (QED) is 0.854. The van der Waals surface area contributed by atoms with E-state index in [-0.39, 0.29) is 0 Å². The number of hydrogen-bond acceptors (Lipinski definition) is 2. The molecule has 2 N–H and O–H groups in total. The fraction of sp³-hybridized carbons (Fsp3) is 0.571. The summed E-state index contributed by atoms with van der Waals surface area (Å²) in [6.45, 7) is 2.07. The molecular formula is C14H18F2O2. The van der Waals surface area contributed by atoms with Crippen LogP contribution in [-0.4, -0.2) is 15.8 Å². The van der Waals surface area contributed by atoms with Crippen molar-refractivity contribution >= 4 is 0 Å². The van der Waals surface area contributed by atoms with Crippen molar-refractivity contribution in [2.45, 2.75) is 44.3 Å². The molecule has 1 unspecified atom stereocenters. The number of aliphatic hydroxyl groups excluding tert-OH is 1. The molecule has 2 rings (SSSR count). The van der Waals surface area contributed by atoms with Crippen molar-refractivity contribution in [1.82, 2.24) is 0 Å². The molecule has 0 aliphatic heterocycles. The normalized spacial score (nSPS) is 30.2. The van der Waals surface area contributed by atoms with E-state index in [9.17, 15) is 19.0 Å². The lowest BCUT2D eigenvalue weighted by Gasteiger charge is -2.38. The fourth-order valence-corrected chi connectivity index (χ4v) is 2.58. The highest BCUT2D eigenvalue weighted by molar-refractivity contribution is 5.24. The van der Waals surface area contributed by atoms with Crippen LogP contribution in [0.5, 0.6) is 0 Å². The van der Waals surface area contributed by atoms with Gasteiger partial charge in [0.15, 0.2) is 0 Å². The number of rotatable bonds is 2. The van der Waals surface area contributed by atoms with E-state index in [1.165, 1.54) is 6.07 Å². The van der Waals surface area contributed by atoms with Crippen molar-refractivity contribution in [3.8, 4) is 0 Å². The summed E-state index contributed by atoms with van der Waals surface area (Å²) in [5, 5.41) is 20.5. The van der Waals surface area contributed by atoms with Crippen LogP contribution >= 0.6 is 0 Å². The van der Waals surface area contributed by atoms with Gasteiger partial charge in [0.2, 0.25) is 0 Å². The molecule has 1 aromatic rings. The van der Waals surface area contributed by atoms with E-state index < -0.39 is 28.9 Å². The zero-order chi connectivity index (χ0) is 13.3. The Hall–Kier alpha value is -1.00. The molecule has 0 aromatic heterocycles. The van der Waals surface area contributed by atoms with Gasteiger partial charge in [0, 0.05) is 0 Å². The second kappa shape index (κ2) is 4.94. The van der Waals surface area contributed by atoms with Crippen molar-refractivity contribution in [3.05, 3.63) is 35.4 Å². The minimum Gasteiger partial charge on any atom is -0.387 e. The standard InChI is InChI=1S/C14H18F2O2/c1-9-5-7-14(18,8-6-9)13(17)12-10(15)3-2-4-11(12)16/h2-4,9,13,17-18H,5-8H2,1H3. The predicted octanol–water partition coefficient (Wildman–Crippen LogP) is 2.94. The molecule has 1 saturated carbocycles. The first-order valence-corrected chi connectivity index (χ1v) is 6.28. The summed E-state index contributed by atoms with van der Waals surface area (Å²) in [6.07, 6.45) is 0.727. The van der Waals surface area contributed by atoms with Gasteiger partial charge in [-0.25, -0.2) is 8.78 Å².